The van der Waals surface area contributed by atoms with Crippen LogP contribution in [0.5, 0.6) is 0 Å². The van der Waals surface area contributed by atoms with Crippen LogP contribution in [-0.2, 0) is 12.8 Å². The van der Waals surface area contributed by atoms with Crippen LogP contribution in [0.3, 0.4) is 0 Å². The molecule has 0 radical (unpaired) electrons. The molecule has 0 bridgehead atoms. The van der Waals surface area contributed by atoms with Gasteiger partial charge >= 0.3 is 0 Å². The molecule has 100 valence electrons. The summed E-state index contributed by atoms with van der Waals surface area (Å²) in [5.41, 5.74) is 2.01. The topological polar surface area (TPSA) is 51.6 Å². The van der Waals surface area contributed by atoms with Crippen LogP contribution in [0.1, 0.15) is 23.3 Å². The van der Waals surface area contributed by atoms with E-state index in [2.05, 4.69) is 19.9 Å². The maximum atomic E-state index is 6.40. The average Bonchev–Trinajstić information content (AvgIpc) is 2.87. The third-order valence-corrected chi connectivity index (χ3v) is 5.02. The number of hydrogen-bond acceptors (Lipinski definition) is 5. The van der Waals surface area contributed by atoms with E-state index in [1.807, 2.05) is 0 Å². The van der Waals surface area contributed by atoms with Gasteiger partial charge in [-0.15, -0.1) is 11.3 Å². The van der Waals surface area contributed by atoms with E-state index in [-0.39, 0.29) is 0 Å². The van der Waals surface area contributed by atoms with Gasteiger partial charge < -0.3 is 0 Å². The number of rotatable bonds is 1. The predicted molar refractivity (Wildman–Crippen MR) is 80.1 cm³/mol. The van der Waals surface area contributed by atoms with Crippen LogP contribution in [0.2, 0.25) is 5.15 Å². The highest BCUT2D eigenvalue weighted by Crippen LogP contribution is 2.38. The molecule has 0 N–H and O–H groups in total. The van der Waals surface area contributed by atoms with Crippen molar-refractivity contribution >= 4 is 33.2 Å². The molecule has 6 heteroatoms. The number of hydrogen-bond donors (Lipinski definition) is 0. The Morgan fingerprint density at radius 2 is 2.00 bits per heavy atom. The van der Waals surface area contributed by atoms with Gasteiger partial charge in [-0.1, -0.05) is 11.6 Å². The highest BCUT2D eigenvalue weighted by molar-refractivity contribution is 7.19. The SMILES string of the molecule is Clc1nc(-c2cnccn2)nc2sc3c(c12)CCCC3. The minimum Gasteiger partial charge on any atom is -0.261 e. The fourth-order valence-electron chi connectivity index (χ4n) is 2.64. The van der Waals surface area contributed by atoms with E-state index in [9.17, 15) is 0 Å². The Labute approximate surface area is 124 Å². The maximum Gasteiger partial charge on any atom is 0.182 e. The quantitative estimate of drug-likeness (QED) is 0.643. The molecule has 0 unspecified atom stereocenters. The molecule has 0 aliphatic heterocycles. The van der Waals surface area contributed by atoms with Crippen molar-refractivity contribution in [2.45, 2.75) is 25.7 Å². The Hall–Kier alpha value is -1.59. The van der Waals surface area contributed by atoms with E-state index >= 15 is 0 Å². The van der Waals surface area contributed by atoms with Gasteiger partial charge in [-0.2, -0.15) is 0 Å². The van der Waals surface area contributed by atoms with Crippen molar-refractivity contribution in [3.8, 4) is 11.5 Å². The van der Waals surface area contributed by atoms with Crippen molar-refractivity contribution in [1.82, 2.24) is 19.9 Å². The molecule has 0 aromatic carbocycles. The zero-order chi connectivity index (χ0) is 13.5. The van der Waals surface area contributed by atoms with E-state index in [0.717, 1.165) is 23.1 Å². The molecule has 0 atom stereocenters. The molecule has 0 spiro atoms. The molecule has 3 aromatic heterocycles. The van der Waals surface area contributed by atoms with Crippen LogP contribution in [0.25, 0.3) is 21.7 Å². The molecular weight excluding hydrogens is 292 g/mol. The van der Waals surface area contributed by atoms with Crippen molar-refractivity contribution in [3.05, 3.63) is 34.2 Å². The summed E-state index contributed by atoms with van der Waals surface area (Å²) < 4.78 is 0. The van der Waals surface area contributed by atoms with Gasteiger partial charge in [0.15, 0.2) is 5.82 Å². The van der Waals surface area contributed by atoms with Crippen molar-refractivity contribution in [2.24, 2.45) is 0 Å². The molecule has 1 aliphatic carbocycles. The lowest BCUT2D eigenvalue weighted by molar-refractivity contribution is 0.700. The summed E-state index contributed by atoms with van der Waals surface area (Å²) >= 11 is 8.14. The first-order chi connectivity index (χ1) is 9.83. The standard InChI is InChI=1S/C14H11ClN4S/c15-12-11-8-3-1-2-4-10(8)20-14(11)19-13(18-12)9-7-16-5-6-17-9/h5-7H,1-4H2. The fraction of sp³-hybridized carbons (Fsp3) is 0.286. The number of aryl methyl sites for hydroxylation is 2. The number of halogens is 1. The Bertz CT molecular complexity index is 785. The van der Waals surface area contributed by atoms with Crippen LogP contribution >= 0.6 is 22.9 Å². The summed E-state index contributed by atoms with van der Waals surface area (Å²) in [5.74, 6) is 0.550. The normalized spacial score (nSPS) is 14.4. The third-order valence-electron chi connectivity index (χ3n) is 3.56. The lowest BCUT2D eigenvalue weighted by Gasteiger charge is -2.10. The monoisotopic (exact) mass is 302 g/mol. The first kappa shape index (κ1) is 12.2. The molecule has 3 aromatic rings. The summed E-state index contributed by atoms with van der Waals surface area (Å²) in [6.45, 7) is 0. The van der Waals surface area contributed by atoms with Gasteiger partial charge in [0.05, 0.1) is 11.6 Å². The Morgan fingerprint density at radius 3 is 2.85 bits per heavy atom. The first-order valence-electron chi connectivity index (χ1n) is 6.57. The highest BCUT2D eigenvalue weighted by atomic mass is 35.5. The Kier molecular flexibility index (Phi) is 2.89. The summed E-state index contributed by atoms with van der Waals surface area (Å²) in [6, 6.07) is 0. The third kappa shape index (κ3) is 1.89. The fourth-order valence-corrected chi connectivity index (χ4v) is 4.24. The van der Waals surface area contributed by atoms with Crippen molar-refractivity contribution in [3.63, 3.8) is 0 Å². The molecule has 1 aliphatic rings. The lowest BCUT2D eigenvalue weighted by Crippen LogP contribution is -1.99. The second-order valence-corrected chi connectivity index (χ2v) is 6.26. The average molecular weight is 303 g/mol. The summed E-state index contributed by atoms with van der Waals surface area (Å²) in [7, 11) is 0. The van der Waals surface area contributed by atoms with Crippen molar-refractivity contribution < 1.29 is 0 Å². The first-order valence-corrected chi connectivity index (χ1v) is 7.76. The van der Waals surface area contributed by atoms with Gasteiger partial charge in [-0.3, -0.25) is 4.98 Å². The van der Waals surface area contributed by atoms with E-state index in [1.54, 1.807) is 29.9 Å². The minimum absolute atomic E-state index is 0.537. The summed E-state index contributed by atoms with van der Waals surface area (Å²) in [5, 5.41) is 1.58. The van der Waals surface area contributed by atoms with Crippen LogP contribution in [0, 0.1) is 0 Å². The molecule has 0 amide bonds. The van der Waals surface area contributed by atoms with Crippen LogP contribution in [-0.4, -0.2) is 19.9 Å². The molecular formula is C14H11ClN4S. The van der Waals surface area contributed by atoms with E-state index in [4.69, 9.17) is 11.6 Å². The second-order valence-electron chi connectivity index (χ2n) is 4.82. The Balaban J connectivity index is 1.95. The van der Waals surface area contributed by atoms with Crippen LogP contribution in [0.4, 0.5) is 0 Å². The van der Waals surface area contributed by atoms with E-state index in [1.165, 1.54) is 23.3 Å². The van der Waals surface area contributed by atoms with Gasteiger partial charge in [0.25, 0.3) is 0 Å². The highest BCUT2D eigenvalue weighted by Gasteiger charge is 2.20. The van der Waals surface area contributed by atoms with Gasteiger partial charge in [-0.05, 0) is 31.2 Å². The number of nitrogens with zero attached hydrogens (tertiary/aromatic N) is 4. The Morgan fingerprint density at radius 1 is 1.10 bits per heavy atom. The zero-order valence-electron chi connectivity index (χ0n) is 10.6. The largest absolute Gasteiger partial charge is 0.261 e. The van der Waals surface area contributed by atoms with Gasteiger partial charge in [0.2, 0.25) is 0 Å². The molecule has 4 nitrogen and oxygen atoms in total. The van der Waals surface area contributed by atoms with E-state index < -0.39 is 0 Å². The molecule has 4 rings (SSSR count). The van der Waals surface area contributed by atoms with Crippen LogP contribution < -0.4 is 0 Å². The van der Waals surface area contributed by atoms with Crippen molar-refractivity contribution in [2.75, 3.05) is 0 Å². The molecule has 20 heavy (non-hydrogen) atoms. The summed E-state index contributed by atoms with van der Waals surface area (Å²) in [4.78, 5) is 19.7. The van der Waals surface area contributed by atoms with Crippen LogP contribution in [0.15, 0.2) is 18.6 Å². The summed E-state index contributed by atoms with van der Waals surface area (Å²) in [6.07, 6.45) is 9.62. The molecule has 0 saturated heterocycles. The van der Waals surface area contributed by atoms with Crippen molar-refractivity contribution in [1.29, 1.82) is 0 Å². The van der Waals surface area contributed by atoms with Gasteiger partial charge in [0, 0.05) is 17.3 Å². The zero-order valence-corrected chi connectivity index (χ0v) is 12.2. The number of aromatic nitrogens is 4. The number of fused-ring (bicyclic) bond motifs is 3. The molecule has 0 fully saturated rings. The predicted octanol–water partition coefficient (Wildman–Crippen LogP) is 3.68. The number of thiophene rings is 1. The smallest absolute Gasteiger partial charge is 0.182 e. The lowest BCUT2D eigenvalue weighted by atomic mass is 9.97. The maximum absolute atomic E-state index is 6.40. The second kappa shape index (κ2) is 4.75. The van der Waals surface area contributed by atoms with Gasteiger partial charge in [0.1, 0.15) is 15.7 Å². The van der Waals surface area contributed by atoms with Gasteiger partial charge in [-0.25, -0.2) is 15.0 Å². The molecule has 0 saturated carbocycles. The molecule has 3 heterocycles. The minimum atomic E-state index is 0.537. The van der Waals surface area contributed by atoms with E-state index in [0.29, 0.717) is 16.7 Å².